The number of hydrogen-bond acceptors (Lipinski definition) is 3. The number of furan rings is 1. The molecular formula is C11H14BrNO3. The molecule has 2 rings (SSSR count). The second-order valence-electron chi connectivity index (χ2n) is 3.94. The molecule has 1 aromatic heterocycles. The van der Waals surface area contributed by atoms with Crippen molar-refractivity contribution in [3.8, 4) is 0 Å². The number of amides is 1. The fourth-order valence-electron chi connectivity index (χ4n) is 2.06. The molecule has 4 nitrogen and oxygen atoms in total. The van der Waals surface area contributed by atoms with Crippen LogP contribution in [0, 0.1) is 0 Å². The summed E-state index contributed by atoms with van der Waals surface area (Å²) in [5.74, 6) is -0.0700. The van der Waals surface area contributed by atoms with Gasteiger partial charge in [0.05, 0.1) is 24.5 Å². The van der Waals surface area contributed by atoms with Gasteiger partial charge in [-0.05, 0) is 41.3 Å². The second-order valence-corrected chi connectivity index (χ2v) is 4.66. The van der Waals surface area contributed by atoms with Gasteiger partial charge >= 0.3 is 0 Å². The molecule has 1 fully saturated rings. The Morgan fingerprint density at radius 2 is 2.44 bits per heavy atom. The number of piperidine rings is 1. The monoisotopic (exact) mass is 287 g/mol. The molecule has 1 atom stereocenters. The fourth-order valence-corrected chi connectivity index (χ4v) is 2.47. The van der Waals surface area contributed by atoms with E-state index in [2.05, 4.69) is 15.9 Å². The molecule has 88 valence electrons. The van der Waals surface area contributed by atoms with Crippen LogP contribution in [-0.2, 0) is 0 Å². The summed E-state index contributed by atoms with van der Waals surface area (Å²) in [6.07, 6.45) is 4.42. The highest BCUT2D eigenvalue weighted by molar-refractivity contribution is 9.10. The van der Waals surface area contributed by atoms with Crippen molar-refractivity contribution in [2.24, 2.45) is 0 Å². The second kappa shape index (κ2) is 5.01. The van der Waals surface area contributed by atoms with Gasteiger partial charge in [0, 0.05) is 6.54 Å². The third-order valence-corrected chi connectivity index (χ3v) is 3.56. The smallest absolute Gasteiger partial charge is 0.258 e. The summed E-state index contributed by atoms with van der Waals surface area (Å²) in [7, 11) is 0. The normalized spacial score (nSPS) is 21.1. The van der Waals surface area contributed by atoms with E-state index in [1.807, 2.05) is 0 Å². The van der Waals surface area contributed by atoms with Gasteiger partial charge in [0.1, 0.15) is 0 Å². The lowest BCUT2D eigenvalue weighted by Crippen LogP contribution is -2.45. The van der Waals surface area contributed by atoms with E-state index in [9.17, 15) is 9.90 Å². The Hall–Kier alpha value is -0.810. The van der Waals surface area contributed by atoms with E-state index in [4.69, 9.17) is 4.42 Å². The topological polar surface area (TPSA) is 53.7 Å². The molecule has 1 saturated heterocycles. The van der Waals surface area contributed by atoms with Crippen LogP contribution < -0.4 is 0 Å². The number of hydrogen-bond donors (Lipinski definition) is 1. The van der Waals surface area contributed by atoms with E-state index >= 15 is 0 Å². The Labute approximate surface area is 102 Å². The van der Waals surface area contributed by atoms with Gasteiger partial charge < -0.3 is 14.4 Å². The van der Waals surface area contributed by atoms with E-state index in [1.165, 1.54) is 6.26 Å². The van der Waals surface area contributed by atoms with Crippen molar-refractivity contribution >= 4 is 21.8 Å². The van der Waals surface area contributed by atoms with Crippen LogP contribution in [0.5, 0.6) is 0 Å². The maximum atomic E-state index is 12.2. The van der Waals surface area contributed by atoms with Crippen molar-refractivity contribution in [3.05, 3.63) is 22.6 Å². The van der Waals surface area contributed by atoms with Gasteiger partial charge in [-0.1, -0.05) is 0 Å². The van der Waals surface area contributed by atoms with E-state index in [0.29, 0.717) is 16.8 Å². The summed E-state index contributed by atoms with van der Waals surface area (Å²) < 4.78 is 5.51. The molecule has 1 N–H and O–H groups in total. The van der Waals surface area contributed by atoms with Gasteiger partial charge in [0.25, 0.3) is 5.91 Å². The van der Waals surface area contributed by atoms with Gasteiger partial charge in [-0.15, -0.1) is 0 Å². The fraction of sp³-hybridized carbons (Fsp3) is 0.545. The molecule has 1 aliphatic rings. The first kappa shape index (κ1) is 11.7. The van der Waals surface area contributed by atoms with Crippen LogP contribution in [0.3, 0.4) is 0 Å². The van der Waals surface area contributed by atoms with Crippen molar-refractivity contribution in [2.75, 3.05) is 13.2 Å². The number of halogens is 1. The Morgan fingerprint density at radius 1 is 1.62 bits per heavy atom. The van der Waals surface area contributed by atoms with E-state index in [-0.39, 0.29) is 18.6 Å². The quantitative estimate of drug-likeness (QED) is 0.906. The summed E-state index contributed by atoms with van der Waals surface area (Å²) in [4.78, 5) is 13.9. The van der Waals surface area contributed by atoms with E-state index in [1.54, 1.807) is 11.0 Å². The lowest BCUT2D eigenvalue weighted by Gasteiger charge is -2.34. The number of carbonyl (C=O) groups is 1. The highest BCUT2D eigenvalue weighted by Gasteiger charge is 2.28. The first-order valence-corrected chi connectivity index (χ1v) is 6.18. The summed E-state index contributed by atoms with van der Waals surface area (Å²) in [5, 5.41) is 9.25. The SMILES string of the molecule is O=C(c1ccoc1Br)N1CCCCC1CO. The van der Waals surface area contributed by atoms with Gasteiger partial charge in [-0.3, -0.25) is 4.79 Å². The van der Waals surface area contributed by atoms with Gasteiger partial charge in [0.15, 0.2) is 4.67 Å². The largest absolute Gasteiger partial charge is 0.457 e. The summed E-state index contributed by atoms with van der Waals surface area (Å²) in [5.41, 5.74) is 0.528. The molecule has 16 heavy (non-hydrogen) atoms. The molecule has 0 radical (unpaired) electrons. The summed E-state index contributed by atoms with van der Waals surface area (Å²) in [6.45, 7) is 0.739. The van der Waals surface area contributed by atoms with Crippen molar-refractivity contribution in [1.29, 1.82) is 0 Å². The molecule has 0 saturated carbocycles. The van der Waals surface area contributed by atoms with E-state index in [0.717, 1.165) is 19.3 Å². The Kier molecular flexibility index (Phi) is 3.66. The van der Waals surface area contributed by atoms with E-state index < -0.39 is 0 Å². The zero-order chi connectivity index (χ0) is 11.5. The molecule has 0 bridgehead atoms. The Balaban J connectivity index is 2.17. The summed E-state index contributed by atoms with van der Waals surface area (Å²) >= 11 is 3.20. The number of nitrogens with zero attached hydrogens (tertiary/aromatic N) is 1. The third kappa shape index (κ3) is 2.15. The highest BCUT2D eigenvalue weighted by atomic mass is 79.9. The number of aliphatic hydroxyl groups is 1. The molecule has 5 heteroatoms. The van der Waals surface area contributed by atoms with Crippen LogP contribution in [0.25, 0.3) is 0 Å². The maximum Gasteiger partial charge on any atom is 0.258 e. The highest BCUT2D eigenvalue weighted by Crippen LogP contribution is 2.24. The zero-order valence-electron chi connectivity index (χ0n) is 8.86. The molecule has 0 spiro atoms. The van der Waals surface area contributed by atoms with Crippen LogP contribution in [0.15, 0.2) is 21.4 Å². The van der Waals surface area contributed by atoms with Gasteiger partial charge in [-0.25, -0.2) is 0 Å². The van der Waals surface area contributed by atoms with Crippen LogP contribution in [0.4, 0.5) is 0 Å². The van der Waals surface area contributed by atoms with Crippen molar-refractivity contribution in [2.45, 2.75) is 25.3 Å². The molecule has 1 unspecified atom stereocenters. The van der Waals surface area contributed by atoms with Gasteiger partial charge in [-0.2, -0.15) is 0 Å². The minimum Gasteiger partial charge on any atom is -0.457 e. The Bertz CT molecular complexity index is 377. The van der Waals surface area contributed by atoms with Crippen LogP contribution in [0.2, 0.25) is 0 Å². The summed E-state index contributed by atoms with van der Waals surface area (Å²) in [6, 6.07) is 1.60. The number of likely N-dealkylation sites (tertiary alicyclic amines) is 1. The maximum absolute atomic E-state index is 12.2. The average Bonchev–Trinajstić information content (AvgIpc) is 2.74. The Morgan fingerprint density at radius 3 is 3.06 bits per heavy atom. The number of aliphatic hydroxyl groups excluding tert-OH is 1. The van der Waals surface area contributed by atoms with Crippen LogP contribution in [0.1, 0.15) is 29.6 Å². The zero-order valence-corrected chi connectivity index (χ0v) is 10.4. The first-order valence-electron chi connectivity index (χ1n) is 5.39. The van der Waals surface area contributed by atoms with Crippen LogP contribution >= 0.6 is 15.9 Å². The molecular weight excluding hydrogens is 274 g/mol. The third-order valence-electron chi connectivity index (χ3n) is 2.95. The predicted molar refractivity (Wildman–Crippen MR) is 62.2 cm³/mol. The molecule has 2 heterocycles. The number of carbonyl (C=O) groups excluding carboxylic acids is 1. The van der Waals surface area contributed by atoms with Gasteiger partial charge in [0.2, 0.25) is 0 Å². The van der Waals surface area contributed by atoms with Crippen molar-refractivity contribution in [3.63, 3.8) is 0 Å². The molecule has 1 aliphatic heterocycles. The lowest BCUT2D eigenvalue weighted by molar-refractivity contribution is 0.0501. The number of rotatable bonds is 2. The van der Waals surface area contributed by atoms with Crippen molar-refractivity contribution in [1.82, 2.24) is 4.90 Å². The molecule has 0 aliphatic carbocycles. The standard InChI is InChI=1S/C11H14BrNO3/c12-10-9(4-6-16-10)11(15)13-5-2-1-3-8(13)7-14/h4,6,8,14H,1-3,5,7H2. The molecule has 1 aromatic rings. The molecule has 0 aromatic carbocycles. The predicted octanol–water partition coefficient (Wildman–Crippen LogP) is 2.03. The van der Waals surface area contributed by atoms with Crippen molar-refractivity contribution < 1.29 is 14.3 Å². The van der Waals surface area contributed by atoms with Crippen LogP contribution in [-0.4, -0.2) is 35.1 Å². The average molecular weight is 288 g/mol. The first-order chi connectivity index (χ1) is 7.74. The molecule has 1 amide bonds. The minimum absolute atomic E-state index is 0.0290. The lowest BCUT2D eigenvalue weighted by atomic mass is 10.0. The minimum atomic E-state index is -0.0700.